The Morgan fingerprint density at radius 1 is 1.29 bits per heavy atom. The van der Waals surface area contributed by atoms with Crippen molar-refractivity contribution in [3.63, 3.8) is 0 Å². The molecule has 2 rings (SSSR count). The van der Waals surface area contributed by atoms with Crippen LogP contribution in [0.25, 0.3) is 0 Å². The number of rotatable bonds is 3. The maximum absolute atomic E-state index is 12.1. The third kappa shape index (κ3) is 2.54. The van der Waals surface area contributed by atoms with E-state index >= 15 is 0 Å². The van der Waals surface area contributed by atoms with E-state index in [-0.39, 0.29) is 11.2 Å². The summed E-state index contributed by atoms with van der Waals surface area (Å²) in [7, 11) is 0. The fraction of sp³-hybridized carbons (Fsp3) is 0.500. The molecule has 17 heavy (non-hydrogen) atoms. The third-order valence-corrected chi connectivity index (χ3v) is 3.38. The summed E-state index contributed by atoms with van der Waals surface area (Å²) in [6, 6.07) is 6.14. The van der Waals surface area contributed by atoms with Crippen molar-refractivity contribution < 1.29 is 17.9 Å². The predicted molar refractivity (Wildman–Crippen MR) is 57.7 cm³/mol. The normalized spacial score (nSPS) is 18.6. The first-order valence-corrected chi connectivity index (χ1v) is 5.52. The van der Waals surface area contributed by atoms with Gasteiger partial charge in [0.2, 0.25) is 0 Å². The van der Waals surface area contributed by atoms with E-state index in [1.807, 2.05) is 6.07 Å². The molecule has 1 aromatic carbocycles. The van der Waals surface area contributed by atoms with Crippen molar-refractivity contribution >= 4 is 0 Å². The SMILES string of the molecule is NCC1(c2cccc(OC(F)(F)F)c2)CCC1. The molecule has 0 radical (unpaired) electrons. The minimum Gasteiger partial charge on any atom is -0.406 e. The average molecular weight is 245 g/mol. The molecule has 2 N–H and O–H groups in total. The number of hydrogen-bond acceptors (Lipinski definition) is 2. The summed E-state index contributed by atoms with van der Waals surface area (Å²) < 4.78 is 40.2. The summed E-state index contributed by atoms with van der Waals surface area (Å²) in [5.74, 6) is -0.172. The van der Waals surface area contributed by atoms with Crippen molar-refractivity contribution in [3.8, 4) is 5.75 Å². The maximum atomic E-state index is 12.1. The van der Waals surface area contributed by atoms with Crippen LogP contribution < -0.4 is 10.5 Å². The van der Waals surface area contributed by atoms with Crippen LogP contribution in [0.5, 0.6) is 5.75 Å². The summed E-state index contributed by atoms with van der Waals surface area (Å²) in [5, 5.41) is 0. The zero-order valence-electron chi connectivity index (χ0n) is 9.26. The maximum Gasteiger partial charge on any atom is 0.573 e. The second-order valence-electron chi connectivity index (χ2n) is 4.41. The molecule has 0 spiro atoms. The van der Waals surface area contributed by atoms with Gasteiger partial charge in [0, 0.05) is 12.0 Å². The van der Waals surface area contributed by atoms with E-state index in [1.165, 1.54) is 12.1 Å². The van der Waals surface area contributed by atoms with E-state index in [4.69, 9.17) is 5.73 Å². The molecule has 1 aromatic rings. The Bertz CT molecular complexity index is 393. The lowest BCUT2D eigenvalue weighted by Gasteiger charge is -2.41. The van der Waals surface area contributed by atoms with Crippen LogP contribution in [0.2, 0.25) is 0 Å². The molecular weight excluding hydrogens is 231 g/mol. The Kier molecular flexibility index (Phi) is 3.03. The zero-order valence-corrected chi connectivity index (χ0v) is 9.26. The van der Waals surface area contributed by atoms with Gasteiger partial charge in [0.05, 0.1) is 0 Å². The summed E-state index contributed by atoms with van der Waals surface area (Å²) in [6.45, 7) is 0.461. The van der Waals surface area contributed by atoms with E-state index in [1.54, 1.807) is 6.07 Å². The van der Waals surface area contributed by atoms with Crippen LogP contribution in [0, 0.1) is 0 Å². The van der Waals surface area contributed by atoms with Gasteiger partial charge in [-0.2, -0.15) is 0 Å². The second-order valence-corrected chi connectivity index (χ2v) is 4.41. The summed E-state index contributed by atoms with van der Waals surface area (Å²) in [5.41, 5.74) is 6.41. The van der Waals surface area contributed by atoms with E-state index in [0.29, 0.717) is 6.54 Å². The highest BCUT2D eigenvalue weighted by Crippen LogP contribution is 2.43. The van der Waals surface area contributed by atoms with Crippen LogP contribution in [0.15, 0.2) is 24.3 Å². The fourth-order valence-corrected chi connectivity index (χ4v) is 2.24. The molecule has 0 aliphatic heterocycles. The van der Waals surface area contributed by atoms with Gasteiger partial charge in [-0.3, -0.25) is 0 Å². The third-order valence-electron chi connectivity index (χ3n) is 3.38. The Hall–Kier alpha value is -1.23. The number of ether oxygens (including phenoxy) is 1. The predicted octanol–water partition coefficient (Wildman–Crippen LogP) is 2.97. The summed E-state index contributed by atoms with van der Waals surface area (Å²) >= 11 is 0. The first-order valence-electron chi connectivity index (χ1n) is 5.52. The molecule has 1 saturated carbocycles. The van der Waals surface area contributed by atoms with E-state index < -0.39 is 6.36 Å². The second kappa shape index (κ2) is 4.22. The Labute approximate surface area is 97.6 Å². The molecule has 0 heterocycles. The van der Waals surface area contributed by atoms with Gasteiger partial charge in [0.15, 0.2) is 0 Å². The Morgan fingerprint density at radius 2 is 2.00 bits per heavy atom. The molecule has 0 atom stereocenters. The molecule has 0 aromatic heterocycles. The van der Waals surface area contributed by atoms with Crippen molar-refractivity contribution in [3.05, 3.63) is 29.8 Å². The first kappa shape index (κ1) is 12.2. The lowest BCUT2D eigenvalue weighted by atomic mass is 9.64. The van der Waals surface area contributed by atoms with Crippen LogP contribution in [-0.4, -0.2) is 12.9 Å². The van der Waals surface area contributed by atoms with Crippen molar-refractivity contribution in [2.75, 3.05) is 6.54 Å². The lowest BCUT2D eigenvalue weighted by molar-refractivity contribution is -0.274. The van der Waals surface area contributed by atoms with Gasteiger partial charge in [-0.25, -0.2) is 0 Å². The van der Waals surface area contributed by atoms with Gasteiger partial charge < -0.3 is 10.5 Å². The van der Waals surface area contributed by atoms with E-state index in [0.717, 1.165) is 24.8 Å². The molecule has 2 nitrogen and oxygen atoms in total. The zero-order chi connectivity index (χ0) is 12.5. The topological polar surface area (TPSA) is 35.2 Å². The molecule has 0 bridgehead atoms. The van der Waals surface area contributed by atoms with Crippen molar-refractivity contribution in [2.45, 2.75) is 31.0 Å². The van der Waals surface area contributed by atoms with Crippen LogP contribution in [0.3, 0.4) is 0 Å². The quantitative estimate of drug-likeness (QED) is 0.888. The van der Waals surface area contributed by atoms with Gasteiger partial charge in [0.25, 0.3) is 0 Å². The molecule has 0 unspecified atom stereocenters. The molecule has 0 amide bonds. The molecule has 1 aliphatic rings. The monoisotopic (exact) mass is 245 g/mol. The molecular formula is C12H14F3NO. The number of alkyl halides is 3. The molecule has 5 heteroatoms. The van der Waals surface area contributed by atoms with Gasteiger partial charge >= 0.3 is 6.36 Å². The number of nitrogens with two attached hydrogens (primary N) is 1. The van der Waals surface area contributed by atoms with Gasteiger partial charge in [-0.15, -0.1) is 13.2 Å². The number of hydrogen-bond donors (Lipinski definition) is 1. The minimum absolute atomic E-state index is 0.148. The van der Waals surface area contributed by atoms with E-state index in [2.05, 4.69) is 4.74 Å². The number of halogens is 3. The van der Waals surface area contributed by atoms with Crippen LogP contribution in [-0.2, 0) is 5.41 Å². The standard InChI is InChI=1S/C12H14F3NO/c13-12(14,15)17-10-4-1-3-9(7-10)11(8-16)5-2-6-11/h1,3-4,7H,2,5-6,8,16H2. The number of benzene rings is 1. The average Bonchev–Trinajstić information content (AvgIpc) is 2.14. The molecule has 1 aliphatic carbocycles. The van der Waals surface area contributed by atoms with Gasteiger partial charge in [0.1, 0.15) is 5.75 Å². The van der Waals surface area contributed by atoms with Crippen molar-refractivity contribution in [1.29, 1.82) is 0 Å². The van der Waals surface area contributed by atoms with Gasteiger partial charge in [-0.1, -0.05) is 18.6 Å². The summed E-state index contributed by atoms with van der Waals surface area (Å²) in [4.78, 5) is 0. The van der Waals surface area contributed by atoms with Gasteiger partial charge in [-0.05, 0) is 30.5 Å². The fourth-order valence-electron chi connectivity index (χ4n) is 2.24. The largest absolute Gasteiger partial charge is 0.573 e. The van der Waals surface area contributed by atoms with Crippen LogP contribution >= 0.6 is 0 Å². The molecule has 0 saturated heterocycles. The molecule has 94 valence electrons. The smallest absolute Gasteiger partial charge is 0.406 e. The minimum atomic E-state index is -4.64. The van der Waals surface area contributed by atoms with Crippen molar-refractivity contribution in [2.24, 2.45) is 5.73 Å². The Balaban J connectivity index is 2.22. The van der Waals surface area contributed by atoms with Crippen molar-refractivity contribution in [1.82, 2.24) is 0 Å². The Morgan fingerprint density at radius 3 is 2.47 bits per heavy atom. The van der Waals surface area contributed by atoms with Crippen LogP contribution in [0.1, 0.15) is 24.8 Å². The van der Waals surface area contributed by atoms with E-state index in [9.17, 15) is 13.2 Å². The highest BCUT2D eigenvalue weighted by molar-refractivity contribution is 5.36. The highest BCUT2D eigenvalue weighted by atomic mass is 19.4. The highest BCUT2D eigenvalue weighted by Gasteiger charge is 2.38. The lowest BCUT2D eigenvalue weighted by Crippen LogP contribution is -2.41. The molecule has 1 fully saturated rings. The summed E-state index contributed by atoms with van der Waals surface area (Å²) in [6.07, 6.45) is -1.71. The first-order chi connectivity index (χ1) is 7.95. The van der Waals surface area contributed by atoms with Crippen LogP contribution in [0.4, 0.5) is 13.2 Å².